The molecule has 1 aromatic heterocycles. The molecule has 126 valence electrons. The van der Waals surface area contributed by atoms with Crippen molar-refractivity contribution < 1.29 is 19.1 Å². The predicted molar refractivity (Wildman–Crippen MR) is 92.4 cm³/mol. The first-order valence-electron chi connectivity index (χ1n) is 8.18. The minimum absolute atomic E-state index is 0.186. The standard InChI is InChI=1S/C20H17NO4/c22-19(17-12-25-18-9-5-4-8-14(17)18)21-10-15(16(11-21)20(23)24)13-6-2-1-3-7-13/h1-9,12,15-16H,10-11H2,(H,23,24)/t15-,16+/m0/s1. The quantitative estimate of drug-likeness (QED) is 0.796. The zero-order chi connectivity index (χ0) is 17.4. The van der Waals surface area contributed by atoms with Crippen LogP contribution in [0.5, 0.6) is 0 Å². The second-order valence-corrected chi connectivity index (χ2v) is 6.32. The highest BCUT2D eigenvalue weighted by molar-refractivity contribution is 6.06. The smallest absolute Gasteiger partial charge is 0.308 e. The van der Waals surface area contributed by atoms with Crippen molar-refractivity contribution in [2.45, 2.75) is 5.92 Å². The molecule has 1 aliphatic heterocycles. The van der Waals surface area contributed by atoms with Crippen LogP contribution in [-0.2, 0) is 4.79 Å². The highest BCUT2D eigenvalue weighted by Gasteiger charge is 2.41. The number of likely N-dealkylation sites (tertiary alicyclic amines) is 1. The van der Waals surface area contributed by atoms with Crippen molar-refractivity contribution in [1.29, 1.82) is 0 Å². The van der Waals surface area contributed by atoms with E-state index in [4.69, 9.17) is 4.42 Å². The summed E-state index contributed by atoms with van der Waals surface area (Å²) in [5.74, 6) is -1.87. The first-order chi connectivity index (χ1) is 12.1. The van der Waals surface area contributed by atoms with Gasteiger partial charge in [0.05, 0.1) is 11.5 Å². The van der Waals surface area contributed by atoms with E-state index in [1.54, 1.807) is 4.90 Å². The van der Waals surface area contributed by atoms with Gasteiger partial charge in [-0.05, 0) is 11.6 Å². The number of amides is 1. The summed E-state index contributed by atoms with van der Waals surface area (Å²) in [5.41, 5.74) is 2.08. The number of rotatable bonds is 3. The Morgan fingerprint density at radius 1 is 1.00 bits per heavy atom. The minimum Gasteiger partial charge on any atom is -0.481 e. The lowest BCUT2D eigenvalue weighted by atomic mass is 9.89. The van der Waals surface area contributed by atoms with Gasteiger partial charge < -0.3 is 14.4 Å². The fourth-order valence-corrected chi connectivity index (χ4v) is 3.57. The van der Waals surface area contributed by atoms with Crippen molar-refractivity contribution in [3.05, 3.63) is 72.0 Å². The minimum atomic E-state index is -0.874. The Labute approximate surface area is 144 Å². The van der Waals surface area contributed by atoms with Crippen LogP contribution in [0.15, 0.2) is 65.3 Å². The number of hydrogen-bond acceptors (Lipinski definition) is 3. The molecule has 25 heavy (non-hydrogen) atoms. The monoisotopic (exact) mass is 335 g/mol. The lowest BCUT2D eigenvalue weighted by molar-refractivity contribution is -0.141. The Bertz CT molecular complexity index is 931. The molecule has 1 amide bonds. The lowest BCUT2D eigenvalue weighted by Crippen LogP contribution is -2.29. The van der Waals surface area contributed by atoms with E-state index in [0.29, 0.717) is 17.7 Å². The SMILES string of the molecule is O=C(O)[C@@H]1CN(C(=O)c2coc3ccccc23)C[C@H]1c1ccccc1. The molecule has 0 unspecified atom stereocenters. The third-order valence-corrected chi connectivity index (χ3v) is 4.86. The van der Waals surface area contributed by atoms with Crippen LogP contribution in [0.4, 0.5) is 0 Å². The van der Waals surface area contributed by atoms with Crippen LogP contribution < -0.4 is 0 Å². The van der Waals surface area contributed by atoms with Gasteiger partial charge in [0.25, 0.3) is 5.91 Å². The van der Waals surface area contributed by atoms with E-state index < -0.39 is 11.9 Å². The second-order valence-electron chi connectivity index (χ2n) is 6.32. The number of aliphatic carboxylic acids is 1. The zero-order valence-corrected chi connectivity index (χ0v) is 13.5. The Morgan fingerprint density at radius 2 is 1.72 bits per heavy atom. The molecular weight excluding hydrogens is 318 g/mol. The zero-order valence-electron chi connectivity index (χ0n) is 13.5. The van der Waals surface area contributed by atoms with E-state index in [9.17, 15) is 14.7 Å². The van der Waals surface area contributed by atoms with Crippen molar-refractivity contribution in [1.82, 2.24) is 4.90 Å². The highest BCUT2D eigenvalue weighted by Crippen LogP contribution is 2.34. The molecule has 1 fully saturated rings. The van der Waals surface area contributed by atoms with Crippen LogP contribution in [0.25, 0.3) is 11.0 Å². The van der Waals surface area contributed by atoms with E-state index in [0.717, 1.165) is 10.9 Å². The van der Waals surface area contributed by atoms with Gasteiger partial charge in [-0.3, -0.25) is 9.59 Å². The first kappa shape index (κ1) is 15.4. The van der Waals surface area contributed by atoms with Gasteiger partial charge in [-0.2, -0.15) is 0 Å². The molecule has 0 bridgehead atoms. The maximum absolute atomic E-state index is 12.9. The molecule has 1 N–H and O–H groups in total. The summed E-state index contributed by atoms with van der Waals surface area (Å²) in [4.78, 5) is 26.3. The van der Waals surface area contributed by atoms with Crippen LogP contribution in [0.2, 0.25) is 0 Å². The second kappa shape index (κ2) is 6.09. The molecule has 0 saturated carbocycles. The summed E-state index contributed by atoms with van der Waals surface area (Å²) in [7, 11) is 0. The molecule has 1 saturated heterocycles. The molecule has 0 radical (unpaired) electrons. The van der Waals surface area contributed by atoms with Gasteiger partial charge in [-0.15, -0.1) is 0 Å². The fourth-order valence-electron chi connectivity index (χ4n) is 3.57. The third-order valence-electron chi connectivity index (χ3n) is 4.86. The Hall–Kier alpha value is -3.08. The summed E-state index contributed by atoms with van der Waals surface area (Å²) in [6.45, 7) is 0.590. The number of nitrogens with zero attached hydrogens (tertiary/aromatic N) is 1. The summed E-state index contributed by atoms with van der Waals surface area (Å²) in [6.07, 6.45) is 1.46. The average molecular weight is 335 g/mol. The molecule has 0 aliphatic carbocycles. The van der Waals surface area contributed by atoms with E-state index in [-0.39, 0.29) is 18.4 Å². The lowest BCUT2D eigenvalue weighted by Gasteiger charge is -2.16. The number of carbonyl (C=O) groups is 2. The van der Waals surface area contributed by atoms with Gasteiger partial charge in [0.1, 0.15) is 11.8 Å². The van der Waals surface area contributed by atoms with E-state index >= 15 is 0 Å². The highest BCUT2D eigenvalue weighted by atomic mass is 16.4. The number of carboxylic acids is 1. The molecule has 3 aromatic rings. The Balaban J connectivity index is 1.65. The van der Waals surface area contributed by atoms with Crippen LogP contribution in [0, 0.1) is 5.92 Å². The van der Waals surface area contributed by atoms with Gasteiger partial charge >= 0.3 is 5.97 Å². The van der Waals surface area contributed by atoms with Crippen LogP contribution in [-0.4, -0.2) is 35.0 Å². The van der Waals surface area contributed by atoms with E-state index in [1.807, 2.05) is 54.6 Å². The number of para-hydroxylation sites is 1. The Morgan fingerprint density at radius 3 is 2.48 bits per heavy atom. The molecule has 5 nitrogen and oxygen atoms in total. The van der Waals surface area contributed by atoms with Gasteiger partial charge in [-0.25, -0.2) is 0 Å². The van der Waals surface area contributed by atoms with Crippen LogP contribution in [0.1, 0.15) is 21.8 Å². The number of carbonyl (C=O) groups excluding carboxylic acids is 1. The van der Waals surface area contributed by atoms with Gasteiger partial charge in [-0.1, -0.05) is 48.5 Å². The number of carboxylic acid groups (broad SMARTS) is 1. The van der Waals surface area contributed by atoms with E-state index in [2.05, 4.69) is 0 Å². The topological polar surface area (TPSA) is 70.8 Å². The molecule has 0 spiro atoms. The molecule has 2 atom stereocenters. The largest absolute Gasteiger partial charge is 0.481 e. The van der Waals surface area contributed by atoms with Gasteiger partial charge in [0.15, 0.2) is 0 Å². The molecule has 2 heterocycles. The number of furan rings is 1. The van der Waals surface area contributed by atoms with Crippen molar-refractivity contribution in [2.24, 2.45) is 5.92 Å². The summed E-state index contributed by atoms with van der Waals surface area (Å²) >= 11 is 0. The predicted octanol–water partition coefficient (Wildman–Crippen LogP) is 3.37. The van der Waals surface area contributed by atoms with Crippen molar-refractivity contribution in [3.8, 4) is 0 Å². The Kier molecular flexibility index (Phi) is 3.76. The van der Waals surface area contributed by atoms with Crippen molar-refractivity contribution >= 4 is 22.8 Å². The summed E-state index contributed by atoms with van der Waals surface area (Å²) in [5, 5.41) is 10.3. The number of hydrogen-bond donors (Lipinski definition) is 1. The van der Waals surface area contributed by atoms with Crippen LogP contribution >= 0.6 is 0 Å². The molecule has 5 heteroatoms. The molecular formula is C20H17NO4. The van der Waals surface area contributed by atoms with Crippen LogP contribution in [0.3, 0.4) is 0 Å². The number of benzene rings is 2. The normalized spacial score (nSPS) is 20.1. The first-order valence-corrected chi connectivity index (χ1v) is 8.18. The summed E-state index contributed by atoms with van der Waals surface area (Å²) < 4.78 is 5.45. The maximum Gasteiger partial charge on any atom is 0.308 e. The summed E-state index contributed by atoms with van der Waals surface area (Å²) in [6, 6.07) is 16.9. The maximum atomic E-state index is 12.9. The average Bonchev–Trinajstić information content (AvgIpc) is 3.27. The third kappa shape index (κ3) is 2.67. The number of fused-ring (bicyclic) bond motifs is 1. The van der Waals surface area contributed by atoms with Gasteiger partial charge in [0.2, 0.25) is 0 Å². The molecule has 1 aliphatic rings. The van der Waals surface area contributed by atoms with Crippen molar-refractivity contribution in [3.63, 3.8) is 0 Å². The molecule has 4 rings (SSSR count). The van der Waals surface area contributed by atoms with Crippen molar-refractivity contribution in [2.75, 3.05) is 13.1 Å². The molecule has 2 aromatic carbocycles. The fraction of sp³-hybridized carbons (Fsp3) is 0.200. The van der Waals surface area contributed by atoms with E-state index in [1.165, 1.54) is 6.26 Å². The van der Waals surface area contributed by atoms with Gasteiger partial charge in [0, 0.05) is 24.4 Å².